The van der Waals surface area contributed by atoms with Crippen molar-refractivity contribution in [3.63, 3.8) is 0 Å². The van der Waals surface area contributed by atoms with E-state index in [4.69, 9.17) is 21.3 Å². The van der Waals surface area contributed by atoms with E-state index in [9.17, 15) is 14.0 Å². The zero-order chi connectivity index (χ0) is 27.8. The second kappa shape index (κ2) is 10.7. The molecule has 3 amide bonds. The lowest BCUT2D eigenvalue weighted by molar-refractivity contribution is -0.120. The molecule has 1 N–H and O–H groups in total. The van der Waals surface area contributed by atoms with Crippen molar-refractivity contribution in [3.8, 4) is 17.3 Å². The molecule has 1 fully saturated rings. The first-order valence-corrected chi connectivity index (χ1v) is 13.2. The summed E-state index contributed by atoms with van der Waals surface area (Å²) in [6, 6.07) is 15.9. The number of fused-ring (bicyclic) bond motifs is 1. The number of amides is 3. The lowest BCUT2D eigenvalue weighted by Gasteiger charge is -2.26. The van der Waals surface area contributed by atoms with Gasteiger partial charge in [-0.2, -0.15) is 0 Å². The number of nitrogens with one attached hydrogen (secondary N) is 1. The standard InChI is InChI=1S/C29H26ClFN6O3/c1-35-27(37-12-11-26(38)34-29(37)39)13-32-28(35)24-10-7-19-15-36(16-25(19)33-24)14-18-5-8-20(9-6-18)40-17-21-22(30)3-2-4-23(21)31/h2-10,13H,11-12,14-17H2,1H3,(H,34,38,39). The number of pyridine rings is 1. The van der Waals surface area contributed by atoms with Crippen molar-refractivity contribution in [1.82, 2.24) is 24.8 Å². The Morgan fingerprint density at radius 3 is 2.67 bits per heavy atom. The Bertz CT molecular complexity index is 1590. The zero-order valence-electron chi connectivity index (χ0n) is 21.7. The first-order chi connectivity index (χ1) is 19.4. The van der Waals surface area contributed by atoms with E-state index in [2.05, 4.69) is 21.3 Å². The van der Waals surface area contributed by atoms with Gasteiger partial charge in [0.05, 0.1) is 16.9 Å². The fourth-order valence-corrected chi connectivity index (χ4v) is 5.22. The number of anilines is 1. The quantitative estimate of drug-likeness (QED) is 0.348. The van der Waals surface area contributed by atoms with Gasteiger partial charge in [0.2, 0.25) is 5.91 Å². The molecule has 0 spiro atoms. The summed E-state index contributed by atoms with van der Waals surface area (Å²) in [5, 5.41) is 2.69. The van der Waals surface area contributed by atoms with Gasteiger partial charge in [0.25, 0.3) is 0 Å². The molecule has 204 valence electrons. The predicted octanol–water partition coefficient (Wildman–Crippen LogP) is 4.82. The summed E-state index contributed by atoms with van der Waals surface area (Å²) in [6.45, 7) is 2.58. The molecule has 2 aliphatic rings. The highest BCUT2D eigenvalue weighted by Gasteiger charge is 2.28. The lowest BCUT2D eigenvalue weighted by atomic mass is 10.2. The number of hydrogen-bond donors (Lipinski definition) is 1. The van der Waals surface area contributed by atoms with E-state index in [-0.39, 0.29) is 24.8 Å². The summed E-state index contributed by atoms with van der Waals surface area (Å²) < 4.78 is 21.6. The van der Waals surface area contributed by atoms with E-state index in [0.717, 1.165) is 35.6 Å². The molecule has 11 heteroatoms. The van der Waals surface area contributed by atoms with Crippen LogP contribution in [-0.4, -0.2) is 37.9 Å². The maximum Gasteiger partial charge on any atom is 0.329 e. The van der Waals surface area contributed by atoms with Crippen molar-refractivity contribution in [2.75, 3.05) is 11.4 Å². The Morgan fingerprint density at radius 1 is 1.07 bits per heavy atom. The molecule has 2 aromatic heterocycles. The van der Waals surface area contributed by atoms with Crippen LogP contribution in [0.15, 0.2) is 60.8 Å². The molecule has 0 bridgehead atoms. The Morgan fingerprint density at radius 2 is 1.90 bits per heavy atom. The summed E-state index contributed by atoms with van der Waals surface area (Å²) in [6.07, 6.45) is 1.88. The number of hydrogen-bond acceptors (Lipinski definition) is 6. The Kier molecular flexibility index (Phi) is 6.95. The summed E-state index contributed by atoms with van der Waals surface area (Å²) in [5.74, 6) is 1.23. The molecule has 0 unspecified atom stereocenters. The highest BCUT2D eigenvalue weighted by atomic mass is 35.5. The fourth-order valence-electron chi connectivity index (χ4n) is 5.00. The van der Waals surface area contributed by atoms with Gasteiger partial charge < -0.3 is 9.30 Å². The minimum absolute atomic E-state index is 0.0582. The lowest BCUT2D eigenvalue weighted by Crippen LogP contribution is -2.50. The van der Waals surface area contributed by atoms with Crippen LogP contribution in [0.1, 0.15) is 28.8 Å². The number of imide groups is 1. The number of urea groups is 1. The van der Waals surface area contributed by atoms with Gasteiger partial charge >= 0.3 is 6.03 Å². The van der Waals surface area contributed by atoms with Gasteiger partial charge in [0, 0.05) is 45.2 Å². The van der Waals surface area contributed by atoms with Gasteiger partial charge in [0.1, 0.15) is 29.7 Å². The van der Waals surface area contributed by atoms with E-state index in [1.54, 1.807) is 18.3 Å². The first kappa shape index (κ1) is 26.0. The van der Waals surface area contributed by atoms with Crippen LogP contribution in [0.2, 0.25) is 5.02 Å². The molecule has 0 atom stereocenters. The third-order valence-electron chi connectivity index (χ3n) is 7.13. The normalized spacial score (nSPS) is 15.3. The summed E-state index contributed by atoms with van der Waals surface area (Å²) in [4.78, 5) is 37.0. The molecule has 1 saturated heterocycles. The van der Waals surface area contributed by atoms with Gasteiger partial charge in [-0.15, -0.1) is 0 Å². The molecule has 4 heterocycles. The van der Waals surface area contributed by atoms with Crippen LogP contribution in [0.4, 0.5) is 15.0 Å². The summed E-state index contributed by atoms with van der Waals surface area (Å²) >= 11 is 6.09. The predicted molar refractivity (Wildman–Crippen MR) is 147 cm³/mol. The van der Waals surface area contributed by atoms with Crippen LogP contribution in [-0.2, 0) is 38.1 Å². The van der Waals surface area contributed by atoms with Crippen molar-refractivity contribution < 1.29 is 18.7 Å². The second-order valence-corrected chi connectivity index (χ2v) is 10.2. The monoisotopic (exact) mass is 560 g/mol. The van der Waals surface area contributed by atoms with Gasteiger partial charge in [0.15, 0.2) is 5.82 Å². The van der Waals surface area contributed by atoms with Crippen LogP contribution in [0.25, 0.3) is 11.5 Å². The first-order valence-electron chi connectivity index (χ1n) is 12.8. The third kappa shape index (κ3) is 5.15. The van der Waals surface area contributed by atoms with Crippen LogP contribution in [0.3, 0.4) is 0 Å². The molecular formula is C29H26ClFN6O3. The minimum Gasteiger partial charge on any atom is -0.489 e. The Balaban J connectivity index is 1.09. The molecule has 0 radical (unpaired) electrons. The number of imidazole rings is 1. The number of rotatable bonds is 7. The van der Waals surface area contributed by atoms with E-state index < -0.39 is 6.03 Å². The molecule has 9 nitrogen and oxygen atoms in total. The van der Waals surface area contributed by atoms with Crippen LogP contribution in [0, 0.1) is 5.82 Å². The van der Waals surface area contributed by atoms with Crippen molar-refractivity contribution in [3.05, 3.63) is 94.0 Å². The average Bonchev–Trinajstić information content (AvgIpc) is 3.51. The second-order valence-electron chi connectivity index (χ2n) is 9.83. The maximum absolute atomic E-state index is 14.0. The molecule has 6 rings (SSSR count). The molecule has 4 aromatic rings. The van der Waals surface area contributed by atoms with E-state index in [1.807, 2.05) is 41.9 Å². The van der Waals surface area contributed by atoms with Crippen molar-refractivity contribution in [2.24, 2.45) is 7.05 Å². The number of benzene rings is 2. The van der Waals surface area contributed by atoms with Crippen molar-refractivity contribution in [2.45, 2.75) is 32.7 Å². The highest BCUT2D eigenvalue weighted by Crippen LogP contribution is 2.29. The molecular weight excluding hydrogens is 535 g/mol. The fraction of sp³-hybridized carbons (Fsp3) is 0.241. The highest BCUT2D eigenvalue weighted by molar-refractivity contribution is 6.31. The SMILES string of the molecule is Cn1c(N2CCC(=O)NC2=O)cnc1-c1ccc2c(n1)CN(Cc1ccc(OCc3c(F)cccc3Cl)cc1)C2. The van der Waals surface area contributed by atoms with E-state index in [1.165, 1.54) is 11.0 Å². The van der Waals surface area contributed by atoms with Gasteiger partial charge in [-0.3, -0.25) is 19.9 Å². The summed E-state index contributed by atoms with van der Waals surface area (Å²) in [7, 11) is 1.83. The number of carbonyl (C=O) groups excluding carboxylic acids is 2. The Hall–Kier alpha value is -4.28. The number of carbonyl (C=O) groups is 2. The third-order valence-corrected chi connectivity index (χ3v) is 7.49. The minimum atomic E-state index is -0.447. The van der Waals surface area contributed by atoms with Crippen molar-refractivity contribution in [1.29, 1.82) is 0 Å². The number of halogens is 2. The number of aromatic nitrogens is 3. The van der Waals surface area contributed by atoms with Crippen LogP contribution in [0.5, 0.6) is 5.75 Å². The maximum atomic E-state index is 14.0. The number of nitrogens with zero attached hydrogens (tertiary/aromatic N) is 5. The molecule has 2 aliphatic heterocycles. The van der Waals surface area contributed by atoms with Crippen molar-refractivity contribution >= 4 is 29.4 Å². The largest absolute Gasteiger partial charge is 0.489 e. The van der Waals surface area contributed by atoms with Crippen LogP contribution < -0.4 is 15.0 Å². The zero-order valence-corrected chi connectivity index (χ0v) is 22.5. The van der Waals surface area contributed by atoms with E-state index >= 15 is 0 Å². The topological polar surface area (TPSA) is 92.6 Å². The van der Waals surface area contributed by atoms with Crippen LogP contribution >= 0.6 is 11.6 Å². The molecule has 2 aromatic carbocycles. The smallest absolute Gasteiger partial charge is 0.329 e. The van der Waals surface area contributed by atoms with E-state index in [0.29, 0.717) is 41.1 Å². The molecule has 40 heavy (non-hydrogen) atoms. The molecule has 0 aliphatic carbocycles. The van der Waals surface area contributed by atoms with Gasteiger partial charge in [-0.25, -0.2) is 19.2 Å². The number of ether oxygens (including phenoxy) is 1. The van der Waals surface area contributed by atoms with Gasteiger partial charge in [-0.05, 0) is 41.5 Å². The Labute approximate surface area is 235 Å². The summed E-state index contributed by atoms with van der Waals surface area (Å²) in [5.41, 5.74) is 4.33. The molecule has 0 saturated carbocycles. The van der Waals surface area contributed by atoms with Gasteiger partial charge in [-0.1, -0.05) is 35.9 Å². The average molecular weight is 561 g/mol.